The van der Waals surface area contributed by atoms with Crippen LogP contribution in [-0.2, 0) is 13.1 Å². The van der Waals surface area contributed by atoms with E-state index in [9.17, 15) is 0 Å². The molecule has 1 heterocycles. The third kappa shape index (κ3) is 2.82. The summed E-state index contributed by atoms with van der Waals surface area (Å²) in [6.45, 7) is 7.57. The monoisotopic (exact) mass is 183 g/mol. The van der Waals surface area contributed by atoms with E-state index in [-0.39, 0.29) is 0 Å². The van der Waals surface area contributed by atoms with Crippen LogP contribution in [0.15, 0.2) is 10.6 Å². The predicted molar refractivity (Wildman–Crippen MR) is 51.0 cm³/mol. The molecule has 0 unspecified atom stereocenters. The zero-order chi connectivity index (χ0) is 9.68. The minimum atomic E-state index is 0.446. The van der Waals surface area contributed by atoms with Gasteiger partial charge in [0.1, 0.15) is 0 Å². The fourth-order valence-electron chi connectivity index (χ4n) is 1.19. The first-order valence-electron chi connectivity index (χ1n) is 4.67. The van der Waals surface area contributed by atoms with Crippen LogP contribution in [0.4, 0.5) is 0 Å². The number of nitrogens with two attached hydrogens (primary N) is 1. The molecule has 13 heavy (non-hydrogen) atoms. The summed E-state index contributed by atoms with van der Waals surface area (Å²) < 4.78 is 5.12. The van der Waals surface area contributed by atoms with Gasteiger partial charge in [0.05, 0.1) is 12.2 Å². The Kier molecular flexibility index (Phi) is 3.92. The minimum absolute atomic E-state index is 0.446. The average molecular weight is 183 g/mol. The normalized spacial score (nSPS) is 11.1. The van der Waals surface area contributed by atoms with Gasteiger partial charge in [-0.2, -0.15) is 0 Å². The summed E-state index contributed by atoms with van der Waals surface area (Å²) in [7, 11) is 0. The highest BCUT2D eigenvalue weighted by atomic mass is 16.5. The first-order valence-corrected chi connectivity index (χ1v) is 4.67. The van der Waals surface area contributed by atoms with E-state index in [4.69, 9.17) is 10.3 Å². The highest BCUT2D eigenvalue weighted by molar-refractivity contribution is 5.04. The van der Waals surface area contributed by atoms with Crippen molar-refractivity contribution in [1.82, 2.24) is 10.1 Å². The molecule has 0 atom stereocenters. The van der Waals surface area contributed by atoms with Crippen LogP contribution in [0.2, 0.25) is 0 Å². The van der Waals surface area contributed by atoms with Crippen molar-refractivity contribution in [2.75, 3.05) is 13.1 Å². The Labute approximate surface area is 78.7 Å². The average Bonchev–Trinajstić information content (AvgIpc) is 2.61. The zero-order valence-electron chi connectivity index (χ0n) is 8.29. The smallest absolute Gasteiger partial charge is 0.151 e. The SMILES string of the molecule is CCN(CC)Cc1cc(CN)no1. The van der Waals surface area contributed by atoms with Crippen molar-refractivity contribution in [2.24, 2.45) is 5.73 Å². The fraction of sp³-hybridized carbons (Fsp3) is 0.667. The maximum atomic E-state index is 5.42. The van der Waals surface area contributed by atoms with E-state index in [0.29, 0.717) is 6.54 Å². The van der Waals surface area contributed by atoms with Gasteiger partial charge in [-0.3, -0.25) is 4.90 Å². The van der Waals surface area contributed by atoms with E-state index in [0.717, 1.165) is 31.1 Å². The number of rotatable bonds is 5. The molecule has 0 aliphatic rings. The van der Waals surface area contributed by atoms with E-state index in [1.165, 1.54) is 0 Å². The molecule has 0 aromatic carbocycles. The largest absolute Gasteiger partial charge is 0.360 e. The van der Waals surface area contributed by atoms with Crippen molar-refractivity contribution in [3.63, 3.8) is 0 Å². The van der Waals surface area contributed by atoms with Crippen LogP contribution in [0.25, 0.3) is 0 Å². The van der Waals surface area contributed by atoms with Crippen LogP contribution in [0.1, 0.15) is 25.3 Å². The van der Waals surface area contributed by atoms with Crippen LogP contribution >= 0.6 is 0 Å². The van der Waals surface area contributed by atoms with Crippen LogP contribution in [0.5, 0.6) is 0 Å². The summed E-state index contributed by atoms with van der Waals surface area (Å²) in [5.74, 6) is 0.893. The van der Waals surface area contributed by atoms with E-state index in [2.05, 4.69) is 23.9 Å². The Balaban J connectivity index is 2.52. The molecule has 0 radical (unpaired) electrons. The molecule has 0 amide bonds. The summed E-state index contributed by atoms with van der Waals surface area (Å²) in [6, 6.07) is 1.92. The Hall–Kier alpha value is -0.870. The molecule has 0 spiro atoms. The summed E-state index contributed by atoms with van der Waals surface area (Å²) in [4.78, 5) is 2.26. The van der Waals surface area contributed by atoms with Gasteiger partial charge in [-0.25, -0.2) is 0 Å². The Morgan fingerprint density at radius 1 is 1.46 bits per heavy atom. The minimum Gasteiger partial charge on any atom is -0.360 e. The number of hydrogen-bond acceptors (Lipinski definition) is 4. The number of aromatic nitrogens is 1. The summed E-state index contributed by atoms with van der Waals surface area (Å²) in [6.07, 6.45) is 0. The van der Waals surface area contributed by atoms with Gasteiger partial charge in [0.15, 0.2) is 5.76 Å². The molecule has 1 rings (SSSR count). The molecular weight excluding hydrogens is 166 g/mol. The lowest BCUT2D eigenvalue weighted by Gasteiger charge is -2.14. The van der Waals surface area contributed by atoms with Crippen molar-refractivity contribution in [2.45, 2.75) is 26.9 Å². The van der Waals surface area contributed by atoms with Gasteiger partial charge in [-0.1, -0.05) is 19.0 Å². The molecule has 1 aromatic heterocycles. The van der Waals surface area contributed by atoms with E-state index in [1.54, 1.807) is 0 Å². The van der Waals surface area contributed by atoms with Gasteiger partial charge in [-0.15, -0.1) is 0 Å². The molecule has 4 heteroatoms. The molecule has 0 bridgehead atoms. The molecule has 4 nitrogen and oxygen atoms in total. The molecule has 0 fully saturated rings. The van der Waals surface area contributed by atoms with E-state index >= 15 is 0 Å². The van der Waals surface area contributed by atoms with Crippen LogP contribution in [0.3, 0.4) is 0 Å². The standard InChI is InChI=1S/C9H17N3O/c1-3-12(4-2)7-9-5-8(6-10)11-13-9/h5H,3-4,6-7,10H2,1-2H3. The highest BCUT2D eigenvalue weighted by Gasteiger charge is 2.06. The maximum absolute atomic E-state index is 5.42. The van der Waals surface area contributed by atoms with Crippen molar-refractivity contribution < 1.29 is 4.52 Å². The first-order chi connectivity index (χ1) is 6.30. The molecule has 0 saturated carbocycles. The molecular formula is C9H17N3O. The Bertz CT molecular complexity index is 243. The predicted octanol–water partition coefficient (Wildman–Crippen LogP) is 0.975. The van der Waals surface area contributed by atoms with Gasteiger partial charge < -0.3 is 10.3 Å². The maximum Gasteiger partial charge on any atom is 0.151 e. The lowest BCUT2D eigenvalue weighted by Crippen LogP contribution is -2.21. The highest BCUT2D eigenvalue weighted by Crippen LogP contribution is 2.06. The van der Waals surface area contributed by atoms with Crippen LogP contribution < -0.4 is 5.73 Å². The zero-order valence-corrected chi connectivity index (χ0v) is 8.29. The topological polar surface area (TPSA) is 55.3 Å². The fourth-order valence-corrected chi connectivity index (χ4v) is 1.19. The van der Waals surface area contributed by atoms with Crippen molar-refractivity contribution >= 4 is 0 Å². The molecule has 74 valence electrons. The molecule has 0 aliphatic heterocycles. The Morgan fingerprint density at radius 2 is 2.15 bits per heavy atom. The number of nitrogens with zero attached hydrogens (tertiary/aromatic N) is 2. The second kappa shape index (κ2) is 4.99. The third-order valence-corrected chi connectivity index (χ3v) is 2.09. The van der Waals surface area contributed by atoms with Gasteiger partial charge in [0.2, 0.25) is 0 Å². The van der Waals surface area contributed by atoms with Gasteiger partial charge in [0, 0.05) is 12.6 Å². The molecule has 0 aliphatic carbocycles. The van der Waals surface area contributed by atoms with Crippen molar-refractivity contribution in [1.29, 1.82) is 0 Å². The van der Waals surface area contributed by atoms with E-state index < -0.39 is 0 Å². The second-order valence-corrected chi connectivity index (χ2v) is 2.95. The van der Waals surface area contributed by atoms with Crippen LogP contribution in [0, 0.1) is 0 Å². The third-order valence-electron chi connectivity index (χ3n) is 2.09. The quantitative estimate of drug-likeness (QED) is 0.739. The molecule has 0 saturated heterocycles. The summed E-state index contributed by atoms with van der Waals surface area (Å²) in [5.41, 5.74) is 6.24. The van der Waals surface area contributed by atoms with Gasteiger partial charge in [0.25, 0.3) is 0 Å². The van der Waals surface area contributed by atoms with Gasteiger partial charge in [-0.05, 0) is 13.1 Å². The first kappa shape index (κ1) is 10.2. The number of hydrogen-bond donors (Lipinski definition) is 1. The Morgan fingerprint density at radius 3 is 2.62 bits per heavy atom. The van der Waals surface area contributed by atoms with Crippen molar-refractivity contribution in [3.8, 4) is 0 Å². The van der Waals surface area contributed by atoms with Crippen molar-refractivity contribution in [3.05, 3.63) is 17.5 Å². The second-order valence-electron chi connectivity index (χ2n) is 2.95. The lowest BCUT2D eigenvalue weighted by atomic mass is 10.3. The molecule has 2 N–H and O–H groups in total. The van der Waals surface area contributed by atoms with Gasteiger partial charge >= 0.3 is 0 Å². The summed E-state index contributed by atoms with van der Waals surface area (Å²) >= 11 is 0. The van der Waals surface area contributed by atoms with Crippen LogP contribution in [-0.4, -0.2) is 23.1 Å². The lowest BCUT2D eigenvalue weighted by molar-refractivity contribution is 0.251. The summed E-state index contributed by atoms with van der Waals surface area (Å²) in [5, 5.41) is 3.83. The molecule has 1 aromatic rings. The van der Waals surface area contributed by atoms with E-state index in [1.807, 2.05) is 6.07 Å².